The number of carbonyl (C=O) groups excluding carboxylic acids is 3. The van der Waals surface area contributed by atoms with Gasteiger partial charge < -0.3 is 40.0 Å². The molecule has 3 heterocycles. The Balaban J connectivity index is 0.000000400. The van der Waals surface area contributed by atoms with Crippen molar-refractivity contribution in [2.45, 2.75) is 55.9 Å². The van der Waals surface area contributed by atoms with Crippen molar-refractivity contribution in [3.05, 3.63) is 64.2 Å². The zero-order valence-electron chi connectivity index (χ0n) is 21.3. The Morgan fingerprint density at radius 3 is 2.36 bits per heavy atom. The van der Waals surface area contributed by atoms with E-state index in [1.165, 1.54) is 0 Å². The SMILES string of the molecule is CCOc1ccc(Cc2cc([C@]34OC[C@](CO)(O3)[C@@H](O)[C@H](O)[C@H]4O)ccc2Cl)cc1.O=C1CCCN1.O=C=O. The minimum absolute atomic E-state index is 0.171. The van der Waals surface area contributed by atoms with E-state index < -0.39 is 36.3 Å². The van der Waals surface area contributed by atoms with Gasteiger partial charge in [0.25, 0.3) is 0 Å². The smallest absolute Gasteiger partial charge is 0.373 e. The first kappa shape index (κ1) is 30.7. The molecule has 0 spiro atoms. The zero-order valence-corrected chi connectivity index (χ0v) is 22.1. The monoisotopic (exact) mass is 565 g/mol. The van der Waals surface area contributed by atoms with Crippen LogP contribution < -0.4 is 10.1 Å². The number of nitrogens with one attached hydrogen (secondary N) is 1. The van der Waals surface area contributed by atoms with Crippen molar-refractivity contribution in [2.75, 3.05) is 26.4 Å². The Kier molecular flexibility index (Phi) is 10.6. The van der Waals surface area contributed by atoms with Crippen molar-refractivity contribution in [1.29, 1.82) is 0 Å². The molecule has 0 saturated carbocycles. The van der Waals surface area contributed by atoms with Crippen molar-refractivity contribution >= 4 is 23.7 Å². The van der Waals surface area contributed by atoms with Crippen molar-refractivity contribution in [1.82, 2.24) is 5.32 Å². The maximum atomic E-state index is 10.7. The highest BCUT2D eigenvalue weighted by Crippen LogP contribution is 2.49. The standard InChI is InChI=1S/C22H25ClO7.C4H7NO.CO2/c1-2-28-16-6-3-13(4-7-16)9-14-10-15(5-8-17(14)23)22-20(27)18(25)19(26)21(11-24,30-22)12-29-22;6-4-2-1-3-5-4;2-1-3/h3-8,10,18-20,24-27H,2,9,11-12H2,1H3;1-3H2,(H,5,6);/t18-,19-,20+,21-,22-;;/m0../s1. The molecule has 5 rings (SSSR count). The molecule has 3 saturated heterocycles. The molecule has 212 valence electrons. The average Bonchev–Trinajstić information content (AvgIpc) is 3.57. The van der Waals surface area contributed by atoms with Crippen LogP contribution in [0, 0.1) is 0 Å². The van der Waals surface area contributed by atoms with Crippen molar-refractivity contribution < 1.29 is 49.0 Å². The van der Waals surface area contributed by atoms with Crippen LogP contribution in [0.1, 0.15) is 36.5 Å². The van der Waals surface area contributed by atoms with E-state index in [2.05, 4.69) is 5.32 Å². The second kappa shape index (κ2) is 13.5. The fourth-order valence-electron chi connectivity index (χ4n) is 4.66. The molecule has 3 aliphatic rings. The molecule has 0 aromatic heterocycles. The van der Waals surface area contributed by atoms with Gasteiger partial charge in [0.15, 0.2) is 0 Å². The van der Waals surface area contributed by atoms with Crippen LogP contribution in [0.4, 0.5) is 0 Å². The van der Waals surface area contributed by atoms with E-state index >= 15 is 0 Å². The van der Waals surface area contributed by atoms with Crippen LogP contribution in [0.3, 0.4) is 0 Å². The third-order valence-corrected chi connectivity index (χ3v) is 7.08. The van der Waals surface area contributed by atoms with Gasteiger partial charge in [0, 0.05) is 23.6 Å². The van der Waals surface area contributed by atoms with Crippen LogP contribution in [0.25, 0.3) is 0 Å². The summed E-state index contributed by atoms with van der Waals surface area (Å²) in [6, 6.07) is 12.7. The van der Waals surface area contributed by atoms with Crippen LogP contribution in [0.2, 0.25) is 5.02 Å². The largest absolute Gasteiger partial charge is 0.494 e. The molecule has 39 heavy (non-hydrogen) atoms. The number of ether oxygens (including phenoxy) is 3. The van der Waals surface area contributed by atoms with Crippen molar-refractivity contribution in [3.8, 4) is 5.75 Å². The van der Waals surface area contributed by atoms with E-state index in [0.29, 0.717) is 23.6 Å². The van der Waals surface area contributed by atoms with E-state index in [1.807, 2.05) is 31.2 Å². The highest BCUT2D eigenvalue weighted by molar-refractivity contribution is 6.31. The van der Waals surface area contributed by atoms with Crippen LogP contribution >= 0.6 is 11.6 Å². The predicted octanol–water partition coefficient (Wildman–Crippen LogP) is 0.669. The Morgan fingerprint density at radius 1 is 1.13 bits per heavy atom. The van der Waals surface area contributed by atoms with Crippen molar-refractivity contribution in [2.24, 2.45) is 0 Å². The number of amides is 1. The number of hydrogen-bond acceptors (Lipinski definition) is 10. The molecule has 0 radical (unpaired) electrons. The molecular formula is C27H32ClNO10. The molecule has 5 N–H and O–H groups in total. The van der Waals surface area contributed by atoms with Crippen LogP contribution in [0.5, 0.6) is 5.75 Å². The summed E-state index contributed by atoms with van der Waals surface area (Å²) in [6.45, 7) is 2.67. The molecule has 2 aromatic rings. The lowest BCUT2D eigenvalue weighted by Crippen LogP contribution is -2.65. The topological polar surface area (TPSA) is 172 Å². The van der Waals surface area contributed by atoms with E-state index in [0.717, 1.165) is 36.3 Å². The third kappa shape index (κ3) is 6.66. The molecule has 11 nitrogen and oxygen atoms in total. The van der Waals surface area contributed by atoms with Gasteiger partial charge in [-0.1, -0.05) is 29.8 Å². The summed E-state index contributed by atoms with van der Waals surface area (Å²) in [5.74, 6) is -0.722. The fraction of sp³-hybridized carbons (Fsp3) is 0.481. The summed E-state index contributed by atoms with van der Waals surface area (Å²) >= 11 is 6.41. The van der Waals surface area contributed by atoms with Gasteiger partial charge in [-0.25, -0.2) is 0 Å². The number of hydrogen-bond donors (Lipinski definition) is 5. The Bertz CT molecular complexity index is 1150. The number of rotatable bonds is 6. The van der Waals surface area contributed by atoms with E-state index in [4.69, 9.17) is 35.4 Å². The lowest BCUT2D eigenvalue weighted by Gasteiger charge is -2.46. The van der Waals surface area contributed by atoms with Crippen LogP contribution in [-0.2, 0) is 36.1 Å². The number of aliphatic hydroxyl groups excluding tert-OH is 4. The van der Waals surface area contributed by atoms with Crippen molar-refractivity contribution in [3.63, 3.8) is 0 Å². The molecule has 3 aliphatic heterocycles. The summed E-state index contributed by atoms with van der Waals surface area (Å²) in [5.41, 5.74) is 0.719. The number of aliphatic hydroxyl groups is 4. The number of benzene rings is 2. The maximum Gasteiger partial charge on any atom is 0.373 e. The van der Waals surface area contributed by atoms with Gasteiger partial charge >= 0.3 is 6.15 Å². The highest BCUT2D eigenvalue weighted by Gasteiger charge is 2.67. The minimum atomic E-state index is -1.71. The summed E-state index contributed by atoms with van der Waals surface area (Å²) in [5, 5.41) is 44.3. The normalized spacial score (nSPS) is 28.8. The first-order valence-electron chi connectivity index (χ1n) is 12.4. The highest BCUT2D eigenvalue weighted by atomic mass is 35.5. The molecule has 1 amide bonds. The summed E-state index contributed by atoms with van der Waals surface area (Å²) in [4.78, 5) is 26.4. The molecule has 2 aromatic carbocycles. The van der Waals surface area contributed by atoms with Gasteiger partial charge in [-0.2, -0.15) is 9.59 Å². The fourth-order valence-corrected chi connectivity index (χ4v) is 4.84. The molecule has 3 fully saturated rings. The summed E-state index contributed by atoms with van der Waals surface area (Å²) in [7, 11) is 0. The lowest BCUT2D eigenvalue weighted by molar-refractivity contribution is -0.329. The second-order valence-corrected chi connectivity index (χ2v) is 9.67. The molecule has 12 heteroatoms. The number of carbonyl (C=O) groups is 1. The van der Waals surface area contributed by atoms with Crippen LogP contribution in [0.15, 0.2) is 42.5 Å². The first-order valence-corrected chi connectivity index (χ1v) is 12.8. The van der Waals surface area contributed by atoms with Gasteiger partial charge in [0.05, 0.1) is 19.8 Å². The molecular weight excluding hydrogens is 534 g/mol. The summed E-state index contributed by atoms with van der Waals surface area (Å²) in [6.07, 6.45) is -2.04. The maximum absolute atomic E-state index is 10.7. The molecule has 2 bridgehead atoms. The van der Waals surface area contributed by atoms with Gasteiger partial charge in [-0.05, 0) is 55.2 Å². The lowest BCUT2D eigenvalue weighted by atomic mass is 9.83. The zero-order chi connectivity index (χ0) is 28.6. The molecule has 0 aliphatic carbocycles. The first-order chi connectivity index (χ1) is 18.7. The quantitative estimate of drug-likeness (QED) is 0.335. The summed E-state index contributed by atoms with van der Waals surface area (Å²) < 4.78 is 17.1. The Morgan fingerprint density at radius 2 is 1.82 bits per heavy atom. The predicted molar refractivity (Wildman–Crippen MR) is 136 cm³/mol. The third-order valence-electron chi connectivity index (χ3n) is 6.71. The number of fused-ring (bicyclic) bond motifs is 2. The number of halogens is 1. The Hall–Kier alpha value is -2.86. The van der Waals surface area contributed by atoms with E-state index in [1.54, 1.807) is 18.2 Å². The van der Waals surface area contributed by atoms with Gasteiger partial charge in [-0.3, -0.25) is 4.79 Å². The Labute approximate surface area is 230 Å². The van der Waals surface area contributed by atoms with Gasteiger partial charge in [0.2, 0.25) is 11.7 Å². The van der Waals surface area contributed by atoms with E-state index in [9.17, 15) is 25.2 Å². The molecule has 0 unspecified atom stereocenters. The second-order valence-electron chi connectivity index (χ2n) is 9.26. The van der Waals surface area contributed by atoms with Crippen LogP contribution in [-0.4, -0.2) is 82.8 Å². The average molecular weight is 566 g/mol. The molecule has 5 atom stereocenters. The van der Waals surface area contributed by atoms with E-state index in [-0.39, 0.29) is 18.7 Å². The minimum Gasteiger partial charge on any atom is -0.494 e. The van der Waals surface area contributed by atoms with Gasteiger partial charge in [-0.15, -0.1) is 0 Å². The van der Waals surface area contributed by atoms with Gasteiger partial charge in [0.1, 0.15) is 29.7 Å².